The summed E-state index contributed by atoms with van der Waals surface area (Å²) in [6.07, 6.45) is 0. The van der Waals surface area contributed by atoms with Gasteiger partial charge in [0, 0.05) is 73.9 Å². The maximum atomic E-state index is 2.45. The predicted octanol–water partition coefficient (Wildman–Crippen LogP) is 14.1. The minimum absolute atomic E-state index is 1.13. The summed E-state index contributed by atoms with van der Waals surface area (Å²) < 4.78 is 7.71. The molecular formula is C46H28N2S2. The monoisotopic (exact) mass is 672 g/mol. The van der Waals surface area contributed by atoms with Crippen LogP contribution < -0.4 is 4.90 Å². The normalized spacial score (nSPS) is 12.0. The molecule has 0 bridgehead atoms. The minimum Gasteiger partial charge on any atom is -0.310 e. The number of rotatable bonds is 4. The van der Waals surface area contributed by atoms with Gasteiger partial charge in [-0.1, -0.05) is 84.9 Å². The Labute approximate surface area is 296 Å². The molecule has 11 aromatic rings. The van der Waals surface area contributed by atoms with Crippen molar-refractivity contribution in [2.24, 2.45) is 0 Å². The lowest BCUT2D eigenvalue weighted by atomic mass is 10.0. The molecule has 3 aromatic heterocycles. The van der Waals surface area contributed by atoms with Crippen LogP contribution >= 0.6 is 22.7 Å². The first-order valence-electron chi connectivity index (χ1n) is 16.9. The van der Waals surface area contributed by atoms with E-state index in [1.165, 1.54) is 72.9 Å². The van der Waals surface area contributed by atoms with Crippen LogP contribution in [0.15, 0.2) is 170 Å². The van der Waals surface area contributed by atoms with Gasteiger partial charge in [-0.25, -0.2) is 0 Å². The van der Waals surface area contributed by atoms with Crippen LogP contribution in [0.2, 0.25) is 0 Å². The molecule has 234 valence electrons. The van der Waals surface area contributed by atoms with E-state index in [-0.39, 0.29) is 0 Å². The minimum atomic E-state index is 1.13. The van der Waals surface area contributed by atoms with Crippen LogP contribution in [0.5, 0.6) is 0 Å². The van der Waals surface area contributed by atoms with Crippen molar-refractivity contribution in [3.8, 4) is 5.69 Å². The molecule has 0 aliphatic rings. The molecule has 2 nitrogen and oxygen atoms in total. The summed E-state index contributed by atoms with van der Waals surface area (Å²) in [6.45, 7) is 0. The van der Waals surface area contributed by atoms with Crippen molar-refractivity contribution in [3.05, 3.63) is 170 Å². The molecular weight excluding hydrogens is 645 g/mol. The van der Waals surface area contributed by atoms with Crippen LogP contribution in [0.4, 0.5) is 17.1 Å². The van der Waals surface area contributed by atoms with Crippen molar-refractivity contribution in [1.82, 2.24) is 4.57 Å². The molecule has 11 rings (SSSR count). The summed E-state index contributed by atoms with van der Waals surface area (Å²) in [6, 6.07) is 62.4. The molecule has 0 aliphatic heterocycles. The zero-order chi connectivity index (χ0) is 32.8. The van der Waals surface area contributed by atoms with E-state index in [1.807, 2.05) is 22.7 Å². The van der Waals surface area contributed by atoms with E-state index in [0.29, 0.717) is 0 Å². The summed E-state index contributed by atoms with van der Waals surface area (Å²) in [5.74, 6) is 0. The second kappa shape index (κ2) is 10.8. The molecule has 0 aliphatic carbocycles. The number of fused-ring (bicyclic) bond motifs is 11. The van der Waals surface area contributed by atoms with Crippen molar-refractivity contribution < 1.29 is 0 Å². The zero-order valence-electron chi connectivity index (χ0n) is 26.9. The number of anilines is 3. The summed E-state index contributed by atoms with van der Waals surface area (Å²) in [4.78, 5) is 2.40. The van der Waals surface area contributed by atoms with Gasteiger partial charge in [-0.3, -0.25) is 0 Å². The average molecular weight is 673 g/mol. The predicted molar refractivity (Wildman–Crippen MR) is 219 cm³/mol. The molecule has 50 heavy (non-hydrogen) atoms. The third-order valence-electron chi connectivity index (χ3n) is 10.1. The molecule has 0 spiro atoms. The van der Waals surface area contributed by atoms with Gasteiger partial charge in [0.2, 0.25) is 0 Å². The van der Waals surface area contributed by atoms with E-state index in [2.05, 4.69) is 179 Å². The Hall–Kier alpha value is -5.94. The summed E-state index contributed by atoms with van der Waals surface area (Å²) in [5.41, 5.74) is 7.00. The van der Waals surface area contributed by atoms with Crippen LogP contribution in [0.1, 0.15) is 0 Å². The third kappa shape index (κ3) is 4.13. The van der Waals surface area contributed by atoms with Crippen LogP contribution in [-0.4, -0.2) is 4.57 Å². The number of hydrogen-bond donors (Lipinski definition) is 0. The highest BCUT2D eigenvalue weighted by Crippen LogP contribution is 2.45. The van der Waals surface area contributed by atoms with Gasteiger partial charge in [0.05, 0.1) is 11.0 Å². The number of thiophene rings is 2. The first-order chi connectivity index (χ1) is 24.8. The molecule has 8 aromatic carbocycles. The molecule has 0 radical (unpaired) electrons. The van der Waals surface area contributed by atoms with Gasteiger partial charge < -0.3 is 9.47 Å². The molecule has 0 fully saturated rings. The van der Waals surface area contributed by atoms with Gasteiger partial charge in [-0.15, -0.1) is 22.7 Å². The second-order valence-corrected chi connectivity index (χ2v) is 15.1. The molecule has 0 amide bonds. The van der Waals surface area contributed by atoms with Crippen LogP contribution in [0.3, 0.4) is 0 Å². The number of nitrogens with zero attached hydrogens (tertiary/aromatic N) is 2. The van der Waals surface area contributed by atoms with Gasteiger partial charge >= 0.3 is 0 Å². The van der Waals surface area contributed by atoms with Crippen molar-refractivity contribution in [2.75, 3.05) is 4.90 Å². The first-order valence-corrected chi connectivity index (χ1v) is 18.6. The van der Waals surface area contributed by atoms with Crippen molar-refractivity contribution >= 4 is 113 Å². The Morgan fingerprint density at radius 3 is 1.84 bits per heavy atom. The summed E-state index contributed by atoms with van der Waals surface area (Å²) in [7, 11) is 0. The molecule has 3 heterocycles. The van der Waals surface area contributed by atoms with Gasteiger partial charge in [-0.05, 0) is 95.7 Å². The van der Waals surface area contributed by atoms with E-state index in [1.54, 1.807) is 0 Å². The molecule has 0 unspecified atom stereocenters. The highest BCUT2D eigenvalue weighted by molar-refractivity contribution is 7.26. The van der Waals surface area contributed by atoms with Gasteiger partial charge in [0.25, 0.3) is 0 Å². The van der Waals surface area contributed by atoms with Crippen molar-refractivity contribution in [1.29, 1.82) is 0 Å². The fourth-order valence-electron chi connectivity index (χ4n) is 7.92. The smallest absolute Gasteiger partial charge is 0.0547 e. The Kier molecular flexibility index (Phi) is 6.03. The topological polar surface area (TPSA) is 8.17 Å². The first kappa shape index (κ1) is 28.0. The van der Waals surface area contributed by atoms with Gasteiger partial charge in [0.15, 0.2) is 0 Å². The lowest BCUT2D eigenvalue weighted by Gasteiger charge is -2.25. The number of para-hydroxylation sites is 2. The fraction of sp³-hybridized carbons (Fsp3) is 0. The molecule has 4 heteroatoms. The van der Waals surface area contributed by atoms with Crippen LogP contribution in [0, 0.1) is 0 Å². The van der Waals surface area contributed by atoms with E-state index in [9.17, 15) is 0 Å². The number of benzene rings is 8. The molecule has 0 N–H and O–H groups in total. The average Bonchev–Trinajstić information content (AvgIpc) is 3.84. The Morgan fingerprint density at radius 2 is 1.00 bits per heavy atom. The lowest BCUT2D eigenvalue weighted by molar-refractivity contribution is 1.18. The Morgan fingerprint density at radius 1 is 0.360 bits per heavy atom. The second-order valence-electron chi connectivity index (χ2n) is 12.9. The van der Waals surface area contributed by atoms with E-state index in [4.69, 9.17) is 0 Å². The SMILES string of the molecule is c1ccc(N(c2ccc3c(c2)sc2ccccc23)c2ccc3c(c2)c2cc4c(ccc5sc6ccccc6c54)cc2n3-c2ccccc2)cc1. The Balaban J connectivity index is 1.21. The van der Waals surface area contributed by atoms with Crippen LogP contribution in [-0.2, 0) is 0 Å². The standard InChI is InChI=1S/C46H28N2S2/c1-3-11-30(12-4-1)47(33-20-22-35-34-15-7-9-17-42(34)50-45(35)27-33)32-21-23-40-38(26-32)39-28-37-29(25-41(39)48(40)31-13-5-2-6-14-31)19-24-44-46(37)36-16-8-10-18-43(36)49-44/h1-28H. The van der Waals surface area contributed by atoms with E-state index < -0.39 is 0 Å². The largest absolute Gasteiger partial charge is 0.310 e. The molecule has 0 saturated carbocycles. The quantitative estimate of drug-likeness (QED) is 0.181. The number of aromatic nitrogens is 1. The third-order valence-corrected chi connectivity index (χ3v) is 12.4. The maximum absolute atomic E-state index is 2.45. The maximum Gasteiger partial charge on any atom is 0.0547 e. The Bertz CT molecular complexity index is 3100. The molecule has 0 saturated heterocycles. The van der Waals surface area contributed by atoms with Crippen LogP contribution in [0.25, 0.3) is 78.6 Å². The van der Waals surface area contributed by atoms with E-state index >= 15 is 0 Å². The fourth-order valence-corrected chi connectivity index (χ4v) is 10.2. The van der Waals surface area contributed by atoms with Crippen molar-refractivity contribution in [2.45, 2.75) is 0 Å². The van der Waals surface area contributed by atoms with Gasteiger partial charge in [-0.2, -0.15) is 0 Å². The molecule has 0 atom stereocenters. The number of hydrogen-bond acceptors (Lipinski definition) is 3. The van der Waals surface area contributed by atoms with Gasteiger partial charge in [0.1, 0.15) is 0 Å². The highest BCUT2D eigenvalue weighted by Gasteiger charge is 2.20. The summed E-state index contributed by atoms with van der Waals surface area (Å²) in [5, 5.41) is 10.4. The lowest BCUT2D eigenvalue weighted by Crippen LogP contribution is -2.09. The van der Waals surface area contributed by atoms with E-state index in [0.717, 1.165) is 22.7 Å². The van der Waals surface area contributed by atoms with Crippen molar-refractivity contribution in [3.63, 3.8) is 0 Å². The zero-order valence-corrected chi connectivity index (χ0v) is 28.5. The summed E-state index contributed by atoms with van der Waals surface area (Å²) >= 11 is 3.74. The highest BCUT2D eigenvalue weighted by atomic mass is 32.1.